The third-order valence-electron chi connectivity index (χ3n) is 3.49. The van der Waals surface area contributed by atoms with Crippen molar-refractivity contribution in [3.8, 4) is 0 Å². The summed E-state index contributed by atoms with van der Waals surface area (Å²) in [5, 5.41) is 9.58. The minimum atomic E-state index is -0.768. The number of urea groups is 1. The lowest BCUT2D eigenvalue weighted by Crippen LogP contribution is -2.64. The average Bonchev–Trinajstić information content (AvgIpc) is 2.77. The van der Waals surface area contributed by atoms with Crippen molar-refractivity contribution < 1.29 is 14.7 Å². The minimum Gasteiger partial charge on any atom is -0.386 e. The summed E-state index contributed by atoms with van der Waals surface area (Å²) >= 11 is 0. The number of hydrogen-bond acceptors (Lipinski definition) is 3. The van der Waals surface area contributed by atoms with Gasteiger partial charge in [-0.25, -0.2) is 4.79 Å². The third-order valence-corrected chi connectivity index (χ3v) is 3.49. The predicted molar refractivity (Wildman–Crippen MR) is 66.0 cm³/mol. The number of hydrogen-bond donors (Lipinski definition) is 1. The molecule has 6 nitrogen and oxygen atoms in total. The fourth-order valence-corrected chi connectivity index (χ4v) is 2.49. The Morgan fingerprint density at radius 3 is 2.28 bits per heavy atom. The zero-order chi connectivity index (χ0) is 13.3. The second-order valence-electron chi connectivity index (χ2n) is 5.58. The van der Waals surface area contributed by atoms with Crippen molar-refractivity contribution in [3.05, 3.63) is 0 Å². The van der Waals surface area contributed by atoms with Crippen LogP contribution in [0.1, 0.15) is 19.8 Å². The van der Waals surface area contributed by atoms with Gasteiger partial charge in [-0.15, -0.1) is 0 Å². The number of carbonyl (C=O) groups is 2. The van der Waals surface area contributed by atoms with E-state index in [1.165, 1.54) is 4.90 Å². The highest BCUT2D eigenvalue weighted by Crippen LogP contribution is 2.20. The molecular weight excluding hydrogens is 234 g/mol. The van der Waals surface area contributed by atoms with E-state index in [9.17, 15) is 14.7 Å². The first kappa shape index (κ1) is 13.1. The summed E-state index contributed by atoms with van der Waals surface area (Å²) in [6.07, 6.45) is 2.11. The van der Waals surface area contributed by atoms with Crippen molar-refractivity contribution in [2.75, 3.05) is 39.8 Å². The molecule has 0 atom stereocenters. The molecule has 1 N–H and O–H groups in total. The molecule has 2 fully saturated rings. The van der Waals surface area contributed by atoms with Gasteiger partial charge in [0.25, 0.3) is 0 Å². The predicted octanol–water partition coefficient (Wildman–Crippen LogP) is -0.273. The van der Waals surface area contributed by atoms with Gasteiger partial charge in [-0.05, 0) is 19.8 Å². The van der Waals surface area contributed by atoms with Crippen molar-refractivity contribution in [1.82, 2.24) is 14.7 Å². The van der Waals surface area contributed by atoms with Gasteiger partial charge in [0, 0.05) is 20.1 Å². The highest BCUT2D eigenvalue weighted by molar-refractivity contribution is 5.84. The van der Waals surface area contributed by atoms with E-state index in [0.29, 0.717) is 13.1 Å². The standard InChI is InChI=1S/C12H21N3O3/c1-12(18)8-15(9-12)11(17)13(2)7-10(16)14-5-3-4-6-14/h18H,3-9H2,1-2H3. The zero-order valence-electron chi connectivity index (χ0n) is 11.1. The van der Waals surface area contributed by atoms with Gasteiger partial charge in [-0.1, -0.05) is 0 Å². The Hall–Kier alpha value is -1.30. The van der Waals surface area contributed by atoms with Gasteiger partial charge >= 0.3 is 6.03 Å². The quantitative estimate of drug-likeness (QED) is 0.738. The van der Waals surface area contributed by atoms with Gasteiger partial charge in [-0.2, -0.15) is 0 Å². The Morgan fingerprint density at radius 2 is 1.78 bits per heavy atom. The Morgan fingerprint density at radius 1 is 1.22 bits per heavy atom. The fourth-order valence-electron chi connectivity index (χ4n) is 2.49. The average molecular weight is 255 g/mol. The molecule has 0 radical (unpaired) electrons. The number of likely N-dealkylation sites (tertiary alicyclic amines) is 2. The highest BCUT2D eigenvalue weighted by atomic mass is 16.3. The molecule has 0 aromatic heterocycles. The van der Waals surface area contributed by atoms with Gasteiger partial charge in [-0.3, -0.25) is 4.79 Å². The third kappa shape index (κ3) is 2.75. The molecule has 0 bridgehead atoms. The molecule has 0 aromatic carbocycles. The molecule has 6 heteroatoms. The molecular formula is C12H21N3O3. The molecule has 3 amide bonds. The lowest BCUT2D eigenvalue weighted by molar-refractivity contribution is -0.130. The number of nitrogens with zero attached hydrogens (tertiary/aromatic N) is 3. The van der Waals surface area contributed by atoms with E-state index in [2.05, 4.69) is 0 Å². The van der Waals surface area contributed by atoms with Gasteiger partial charge in [0.2, 0.25) is 5.91 Å². The van der Waals surface area contributed by atoms with Crippen LogP contribution in [0.5, 0.6) is 0 Å². The van der Waals surface area contributed by atoms with Crippen LogP contribution >= 0.6 is 0 Å². The normalized spacial score (nSPS) is 21.7. The molecule has 0 unspecified atom stereocenters. The lowest BCUT2D eigenvalue weighted by Gasteiger charge is -2.45. The maximum absolute atomic E-state index is 11.9. The molecule has 0 spiro atoms. The van der Waals surface area contributed by atoms with Crippen LogP contribution in [-0.4, -0.2) is 77.1 Å². The Kier molecular flexibility index (Phi) is 3.47. The smallest absolute Gasteiger partial charge is 0.320 e. The van der Waals surface area contributed by atoms with E-state index in [1.807, 2.05) is 0 Å². The molecule has 18 heavy (non-hydrogen) atoms. The van der Waals surface area contributed by atoms with E-state index in [0.717, 1.165) is 25.9 Å². The van der Waals surface area contributed by atoms with Crippen LogP contribution in [0.15, 0.2) is 0 Å². The monoisotopic (exact) mass is 255 g/mol. The van der Waals surface area contributed by atoms with Gasteiger partial charge in [0.15, 0.2) is 0 Å². The summed E-state index contributed by atoms with van der Waals surface area (Å²) in [6.45, 7) is 4.12. The number of rotatable bonds is 2. The second kappa shape index (κ2) is 4.76. The number of likely N-dealkylation sites (N-methyl/N-ethyl adjacent to an activating group) is 1. The van der Waals surface area contributed by atoms with E-state index < -0.39 is 5.60 Å². The SMILES string of the molecule is CN(CC(=O)N1CCCC1)C(=O)N1CC(C)(O)C1. The first-order chi connectivity index (χ1) is 8.39. The van der Waals surface area contributed by atoms with Crippen LogP contribution in [0.2, 0.25) is 0 Å². The van der Waals surface area contributed by atoms with E-state index in [-0.39, 0.29) is 18.5 Å². The zero-order valence-corrected chi connectivity index (χ0v) is 11.1. The molecule has 102 valence electrons. The first-order valence-corrected chi connectivity index (χ1v) is 6.39. The molecule has 2 heterocycles. The highest BCUT2D eigenvalue weighted by Gasteiger charge is 2.40. The maximum atomic E-state index is 11.9. The Labute approximate surface area is 107 Å². The van der Waals surface area contributed by atoms with Gasteiger partial charge < -0.3 is 19.8 Å². The summed E-state index contributed by atoms with van der Waals surface area (Å²) in [7, 11) is 1.63. The number of β-amino-alcohol motifs (C(OH)–C–C–N with tert-alkyl or cyclic N) is 1. The van der Waals surface area contributed by atoms with Crippen molar-refractivity contribution in [2.45, 2.75) is 25.4 Å². The molecule has 2 aliphatic heterocycles. The second-order valence-corrected chi connectivity index (χ2v) is 5.58. The minimum absolute atomic E-state index is 0.00985. The molecule has 0 saturated carbocycles. The molecule has 0 aliphatic carbocycles. The molecule has 0 aromatic rings. The summed E-state index contributed by atoms with van der Waals surface area (Å²) in [6, 6.07) is -0.186. The van der Waals surface area contributed by atoms with Crippen LogP contribution in [0, 0.1) is 0 Å². The summed E-state index contributed by atoms with van der Waals surface area (Å²) in [5.41, 5.74) is -0.768. The summed E-state index contributed by atoms with van der Waals surface area (Å²) in [4.78, 5) is 28.6. The van der Waals surface area contributed by atoms with Crippen LogP contribution in [0.3, 0.4) is 0 Å². The molecule has 2 aliphatic rings. The molecule has 2 saturated heterocycles. The van der Waals surface area contributed by atoms with E-state index >= 15 is 0 Å². The summed E-state index contributed by atoms with van der Waals surface area (Å²) < 4.78 is 0. The molecule has 2 rings (SSSR count). The van der Waals surface area contributed by atoms with Crippen LogP contribution in [0.25, 0.3) is 0 Å². The van der Waals surface area contributed by atoms with E-state index in [4.69, 9.17) is 0 Å². The van der Waals surface area contributed by atoms with Crippen molar-refractivity contribution in [3.63, 3.8) is 0 Å². The van der Waals surface area contributed by atoms with Gasteiger partial charge in [0.05, 0.1) is 18.7 Å². The number of amides is 3. The van der Waals surface area contributed by atoms with Crippen molar-refractivity contribution in [2.24, 2.45) is 0 Å². The first-order valence-electron chi connectivity index (χ1n) is 6.39. The van der Waals surface area contributed by atoms with Crippen molar-refractivity contribution >= 4 is 11.9 Å². The largest absolute Gasteiger partial charge is 0.386 e. The van der Waals surface area contributed by atoms with Crippen LogP contribution in [-0.2, 0) is 4.79 Å². The Bertz CT molecular complexity index is 342. The summed E-state index contributed by atoms with van der Waals surface area (Å²) in [5.74, 6) is 0.00985. The Balaban J connectivity index is 1.79. The van der Waals surface area contributed by atoms with Crippen LogP contribution < -0.4 is 0 Å². The number of aliphatic hydroxyl groups is 1. The van der Waals surface area contributed by atoms with Gasteiger partial charge in [0.1, 0.15) is 6.54 Å². The fraction of sp³-hybridized carbons (Fsp3) is 0.833. The van der Waals surface area contributed by atoms with Crippen molar-refractivity contribution in [1.29, 1.82) is 0 Å². The van der Waals surface area contributed by atoms with E-state index in [1.54, 1.807) is 23.8 Å². The lowest BCUT2D eigenvalue weighted by atomic mass is 9.98. The number of carbonyl (C=O) groups excluding carboxylic acids is 2. The van der Waals surface area contributed by atoms with Crippen LogP contribution in [0.4, 0.5) is 4.79 Å². The maximum Gasteiger partial charge on any atom is 0.320 e. The topological polar surface area (TPSA) is 64.1 Å².